The fraction of sp³-hybridized carbons (Fsp3) is 0.412. The molecule has 0 radical (unpaired) electrons. The number of anilines is 1. The Morgan fingerprint density at radius 1 is 1.16 bits per heavy atom. The van der Waals surface area contributed by atoms with E-state index >= 15 is 0 Å². The molecule has 0 bridgehead atoms. The first-order valence-corrected chi connectivity index (χ1v) is 9.65. The third-order valence-corrected chi connectivity index (χ3v) is 5.51. The van der Waals surface area contributed by atoms with Crippen molar-refractivity contribution in [2.24, 2.45) is 0 Å². The van der Waals surface area contributed by atoms with Crippen molar-refractivity contribution in [3.63, 3.8) is 0 Å². The van der Waals surface area contributed by atoms with Gasteiger partial charge in [0.1, 0.15) is 5.58 Å². The second-order valence-electron chi connectivity index (χ2n) is 6.00. The lowest BCUT2D eigenvalue weighted by molar-refractivity contribution is -0.116. The predicted octanol–water partition coefficient (Wildman–Crippen LogP) is 2.23. The van der Waals surface area contributed by atoms with Crippen LogP contribution < -0.4 is 15.7 Å². The lowest BCUT2D eigenvalue weighted by Gasteiger charge is -2.09. The second kappa shape index (κ2) is 8.26. The van der Waals surface area contributed by atoms with Gasteiger partial charge in [0.15, 0.2) is 0 Å². The molecule has 1 aromatic heterocycles. The molecule has 0 fully saturated rings. The largest absolute Gasteiger partial charge is 0.423 e. The minimum atomic E-state index is -3.25. The summed E-state index contributed by atoms with van der Waals surface area (Å²) in [5, 5.41) is 3.03. The number of nitrogens with one attached hydrogen (secondary N) is 2. The molecule has 0 aliphatic heterocycles. The summed E-state index contributed by atoms with van der Waals surface area (Å²) in [7, 11) is -3.25. The molecule has 0 saturated heterocycles. The summed E-state index contributed by atoms with van der Waals surface area (Å²) in [5.41, 5.74) is 0.659. The van der Waals surface area contributed by atoms with E-state index in [0.29, 0.717) is 37.1 Å². The lowest BCUT2D eigenvalue weighted by Crippen LogP contribution is -2.31. The van der Waals surface area contributed by atoms with Crippen LogP contribution in [-0.2, 0) is 14.8 Å². The van der Waals surface area contributed by atoms with Gasteiger partial charge in [-0.3, -0.25) is 4.79 Å². The Hall–Kier alpha value is -2.19. The topological polar surface area (TPSA) is 105 Å². The number of unbranched alkanes of at least 4 members (excludes halogenated alkanes) is 1. The highest BCUT2D eigenvalue weighted by atomic mass is 32.2. The van der Waals surface area contributed by atoms with Gasteiger partial charge in [0.2, 0.25) is 15.9 Å². The first kappa shape index (κ1) is 19.1. The standard InChI is InChI=1S/C17H22N2O5S/c1-12(2)25(22,23)18-10-4-3-5-16(20)19-14-7-8-15-13(11-14)6-9-17(21)24-15/h6-9,11-12,18H,3-5,10H2,1-2H3,(H,19,20). The molecule has 1 heterocycles. The van der Waals surface area contributed by atoms with Crippen molar-refractivity contribution >= 4 is 32.6 Å². The number of amides is 1. The molecule has 2 rings (SSSR count). The maximum absolute atomic E-state index is 11.9. The summed E-state index contributed by atoms with van der Waals surface area (Å²) < 4.78 is 30.7. The van der Waals surface area contributed by atoms with Crippen LogP contribution in [0.4, 0.5) is 5.69 Å². The normalized spacial score (nSPS) is 11.8. The molecule has 2 aromatic rings. The number of rotatable bonds is 8. The zero-order valence-corrected chi connectivity index (χ0v) is 15.1. The molecule has 25 heavy (non-hydrogen) atoms. The molecule has 1 aromatic carbocycles. The summed E-state index contributed by atoms with van der Waals surface area (Å²) in [6.45, 7) is 3.55. The molecule has 0 spiro atoms. The summed E-state index contributed by atoms with van der Waals surface area (Å²) in [5.74, 6) is -0.150. The van der Waals surface area contributed by atoms with Crippen molar-refractivity contribution in [3.05, 3.63) is 40.8 Å². The van der Waals surface area contributed by atoms with Gasteiger partial charge in [0, 0.05) is 30.1 Å². The van der Waals surface area contributed by atoms with E-state index < -0.39 is 20.9 Å². The highest BCUT2D eigenvalue weighted by molar-refractivity contribution is 7.90. The van der Waals surface area contributed by atoms with Crippen LogP contribution in [0.5, 0.6) is 0 Å². The smallest absolute Gasteiger partial charge is 0.336 e. The molecule has 7 nitrogen and oxygen atoms in total. The van der Waals surface area contributed by atoms with Gasteiger partial charge >= 0.3 is 5.63 Å². The zero-order chi connectivity index (χ0) is 18.4. The Balaban J connectivity index is 1.79. The van der Waals surface area contributed by atoms with Crippen molar-refractivity contribution in [1.29, 1.82) is 0 Å². The molecule has 2 N–H and O–H groups in total. The number of sulfonamides is 1. The van der Waals surface area contributed by atoms with Crippen molar-refractivity contribution < 1.29 is 17.6 Å². The van der Waals surface area contributed by atoms with Crippen molar-refractivity contribution in [2.75, 3.05) is 11.9 Å². The van der Waals surface area contributed by atoms with Crippen LogP contribution in [0.25, 0.3) is 11.0 Å². The van der Waals surface area contributed by atoms with E-state index in [1.807, 2.05) is 0 Å². The van der Waals surface area contributed by atoms with Crippen LogP contribution in [0, 0.1) is 0 Å². The van der Waals surface area contributed by atoms with Gasteiger partial charge in [-0.2, -0.15) is 0 Å². The van der Waals surface area contributed by atoms with Crippen LogP contribution in [0.3, 0.4) is 0 Å². The third kappa shape index (κ3) is 5.68. The number of hydrogen-bond acceptors (Lipinski definition) is 5. The van der Waals surface area contributed by atoms with Crippen molar-refractivity contribution in [1.82, 2.24) is 4.72 Å². The minimum Gasteiger partial charge on any atom is -0.423 e. The number of fused-ring (bicyclic) bond motifs is 1. The molecule has 0 aliphatic rings. The number of carbonyl (C=O) groups is 1. The van der Waals surface area contributed by atoms with Crippen LogP contribution in [0.15, 0.2) is 39.5 Å². The highest BCUT2D eigenvalue weighted by Crippen LogP contribution is 2.18. The fourth-order valence-electron chi connectivity index (χ4n) is 2.16. The first-order valence-electron chi connectivity index (χ1n) is 8.10. The Morgan fingerprint density at radius 2 is 1.92 bits per heavy atom. The Morgan fingerprint density at radius 3 is 2.64 bits per heavy atom. The third-order valence-electron chi connectivity index (χ3n) is 3.66. The monoisotopic (exact) mass is 366 g/mol. The maximum atomic E-state index is 11.9. The number of hydrogen-bond donors (Lipinski definition) is 2. The quantitative estimate of drug-likeness (QED) is 0.550. The first-order chi connectivity index (χ1) is 11.8. The summed E-state index contributed by atoms with van der Waals surface area (Å²) in [4.78, 5) is 23.1. The van der Waals surface area contributed by atoms with Crippen molar-refractivity contribution in [2.45, 2.75) is 38.4 Å². The Bertz CT molecular complexity index is 903. The molecule has 0 unspecified atom stereocenters. The second-order valence-corrected chi connectivity index (χ2v) is 8.32. The van der Waals surface area contributed by atoms with Gasteiger partial charge in [-0.15, -0.1) is 0 Å². The summed E-state index contributed by atoms with van der Waals surface area (Å²) in [6, 6.07) is 7.99. The van der Waals surface area contributed by atoms with Gasteiger partial charge in [-0.25, -0.2) is 17.9 Å². The van der Waals surface area contributed by atoms with Gasteiger partial charge in [-0.1, -0.05) is 0 Å². The van der Waals surface area contributed by atoms with Gasteiger partial charge < -0.3 is 9.73 Å². The van der Waals surface area contributed by atoms with E-state index in [1.54, 1.807) is 38.1 Å². The molecule has 136 valence electrons. The minimum absolute atomic E-state index is 0.150. The van der Waals surface area contributed by atoms with Crippen LogP contribution in [-0.4, -0.2) is 26.1 Å². The molecular formula is C17H22N2O5S. The number of benzene rings is 1. The maximum Gasteiger partial charge on any atom is 0.336 e. The Kier molecular flexibility index (Phi) is 6.33. The zero-order valence-electron chi connectivity index (χ0n) is 14.2. The average molecular weight is 366 g/mol. The molecular weight excluding hydrogens is 344 g/mol. The van der Waals surface area contributed by atoms with Crippen LogP contribution >= 0.6 is 0 Å². The van der Waals surface area contributed by atoms with Gasteiger partial charge in [0.05, 0.1) is 5.25 Å². The fourth-order valence-corrected chi connectivity index (χ4v) is 2.93. The molecule has 1 amide bonds. The van der Waals surface area contributed by atoms with Gasteiger partial charge in [-0.05, 0) is 51.0 Å². The average Bonchev–Trinajstić information content (AvgIpc) is 2.54. The van der Waals surface area contributed by atoms with E-state index in [1.165, 1.54) is 6.07 Å². The SMILES string of the molecule is CC(C)S(=O)(=O)NCCCCC(=O)Nc1ccc2oc(=O)ccc2c1. The number of carbonyl (C=O) groups excluding carboxylic acids is 1. The molecule has 0 atom stereocenters. The van der Waals surface area contributed by atoms with E-state index in [-0.39, 0.29) is 5.91 Å². The summed E-state index contributed by atoms with van der Waals surface area (Å²) >= 11 is 0. The van der Waals surface area contributed by atoms with E-state index in [2.05, 4.69) is 10.0 Å². The highest BCUT2D eigenvalue weighted by Gasteiger charge is 2.14. The van der Waals surface area contributed by atoms with E-state index in [4.69, 9.17) is 4.42 Å². The molecule has 0 saturated carbocycles. The lowest BCUT2D eigenvalue weighted by atomic mass is 10.2. The van der Waals surface area contributed by atoms with E-state index in [9.17, 15) is 18.0 Å². The molecule has 0 aliphatic carbocycles. The molecule has 8 heteroatoms. The van der Waals surface area contributed by atoms with Crippen molar-refractivity contribution in [3.8, 4) is 0 Å². The van der Waals surface area contributed by atoms with E-state index in [0.717, 1.165) is 5.39 Å². The predicted molar refractivity (Wildman–Crippen MR) is 97.0 cm³/mol. The van der Waals surface area contributed by atoms with Crippen LogP contribution in [0.2, 0.25) is 0 Å². The summed E-state index contributed by atoms with van der Waals surface area (Å²) in [6.07, 6.45) is 1.46. The van der Waals surface area contributed by atoms with Gasteiger partial charge in [0.25, 0.3) is 0 Å². The van der Waals surface area contributed by atoms with Crippen LogP contribution in [0.1, 0.15) is 33.1 Å². The Labute approximate surface area is 146 Å².